The van der Waals surface area contributed by atoms with Gasteiger partial charge in [-0.15, -0.1) is 0 Å². The first-order chi connectivity index (χ1) is 13.1. The van der Waals surface area contributed by atoms with Crippen LogP contribution >= 0.6 is 11.8 Å². The van der Waals surface area contributed by atoms with Crippen molar-refractivity contribution in [2.24, 2.45) is 4.99 Å². The minimum atomic E-state index is -1.06. The Morgan fingerprint density at radius 2 is 1.74 bits per heavy atom. The molecule has 6 heteroatoms. The molecule has 27 heavy (non-hydrogen) atoms. The molecule has 132 valence electrons. The number of amidine groups is 1. The Labute approximate surface area is 159 Å². The Hall–Kier alpha value is -3.38. The number of carboxylic acids is 1. The van der Waals surface area contributed by atoms with Gasteiger partial charge in [0, 0.05) is 0 Å². The number of fused-ring (bicyclic) bond motifs is 1. The molecule has 0 unspecified atom stereocenters. The summed E-state index contributed by atoms with van der Waals surface area (Å²) in [5.74, 6) is -1.31. The minimum Gasteiger partial charge on any atom is -0.478 e. The zero-order chi connectivity index (χ0) is 18.8. The van der Waals surface area contributed by atoms with E-state index in [1.807, 2.05) is 48.5 Å². The Morgan fingerprint density at radius 1 is 1.00 bits per heavy atom. The van der Waals surface area contributed by atoms with Gasteiger partial charge in [0.1, 0.15) is 0 Å². The van der Waals surface area contributed by atoms with E-state index in [1.165, 1.54) is 17.8 Å². The maximum Gasteiger partial charge on any atom is 0.337 e. The monoisotopic (exact) mass is 374 g/mol. The summed E-state index contributed by atoms with van der Waals surface area (Å²) in [5, 5.41) is 14.5. The van der Waals surface area contributed by atoms with Crippen molar-refractivity contribution >= 4 is 51.3 Å². The molecule has 0 spiro atoms. The molecule has 1 heterocycles. The Kier molecular flexibility index (Phi) is 4.48. The molecular weight excluding hydrogens is 360 g/mol. The smallest absolute Gasteiger partial charge is 0.337 e. The van der Waals surface area contributed by atoms with Gasteiger partial charge in [0.15, 0.2) is 5.17 Å². The largest absolute Gasteiger partial charge is 0.478 e. The number of nitrogens with zero attached hydrogens (tertiary/aromatic N) is 1. The predicted molar refractivity (Wildman–Crippen MR) is 108 cm³/mol. The summed E-state index contributed by atoms with van der Waals surface area (Å²) < 4.78 is 0. The van der Waals surface area contributed by atoms with E-state index in [-0.39, 0.29) is 11.5 Å². The van der Waals surface area contributed by atoms with Crippen molar-refractivity contribution < 1.29 is 14.7 Å². The van der Waals surface area contributed by atoms with Crippen molar-refractivity contribution in [2.45, 2.75) is 0 Å². The lowest BCUT2D eigenvalue weighted by Crippen LogP contribution is -2.19. The molecule has 1 aliphatic rings. The summed E-state index contributed by atoms with van der Waals surface area (Å²) in [5.41, 5.74) is 1.34. The molecule has 0 aliphatic carbocycles. The number of amides is 1. The molecular formula is C21H14N2O3S. The molecule has 0 radical (unpaired) electrons. The molecule has 0 atom stereocenters. The molecule has 0 bridgehead atoms. The molecule has 4 rings (SSSR count). The summed E-state index contributed by atoms with van der Waals surface area (Å²) >= 11 is 1.19. The fourth-order valence-corrected chi connectivity index (χ4v) is 3.69. The normalized spacial score (nSPS) is 16.8. The zero-order valence-electron chi connectivity index (χ0n) is 14.0. The van der Waals surface area contributed by atoms with Crippen molar-refractivity contribution in [2.75, 3.05) is 0 Å². The van der Waals surface area contributed by atoms with Gasteiger partial charge in [-0.2, -0.15) is 0 Å². The number of carbonyl (C=O) groups excluding carboxylic acids is 1. The van der Waals surface area contributed by atoms with Crippen molar-refractivity contribution in [1.82, 2.24) is 5.32 Å². The number of rotatable bonds is 3. The molecule has 1 saturated heterocycles. The maximum atomic E-state index is 12.3. The van der Waals surface area contributed by atoms with Gasteiger partial charge in [0.25, 0.3) is 5.91 Å². The number of aromatic carboxylic acids is 1. The number of benzene rings is 3. The van der Waals surface area contributed by atoms with Gasteiger partial charge >= 0.3 is 5.97 Å². The minimum absolute atomic E-state index is 0.0892. The Balaban J connectivity index is 1.69. The Morgan fingerprint density at radius 3 is 2.59 bits per heavy atom. The van der Waals surface area contributed by atoms with Crippen molar-refractivity contribution in [3.8, 4) is 0 Å². The number of hydrogen-bond acceptors (Lipinski definition) is 4. The standard InChI is InChI=1S/C21H14N2O3S/c24-19-18(12-14-8-5-7-13-6-1-2-9-15(13)14)27-21(23-19)22-17-11-4-3-10-16(17)20(25)26/h1-12H,(H,25,26)(H,22,23,24)/b18-12+. The van der Waals surface area contributed by atoms with Gasteiger partial charge in [-0.05, 0) is 46.3 Å². The third-order valence-electron chi connectivity index (χ3n) is 4.12. The molecule has 3 aromatic rings. The molecule has 3 aromatic carbocycles. The van der Waals surface area contributed by atoms with E-state index in [2.05, 4.69) is 10.3 Å². The summed E-state index contributed by atoms with van der Waals surface area (Å²) in [6, 6.07) is 20.3. The molecule has 0 aromatic heterocycles. The van der Waals surface area contributed by atoms with Crippen LogP contribution in [0.3, 0.4) is 0 Å². The van der Waals surface area contributed by atoms with Crippen molar-refractivity contribution in [3.63, 3.8) is 0 Å². The van der Waals surface area contributed by atoms with Gasteiger partial charge in [-0.25, -0.2) is 9.79 Å². The Bertz CT molecular complexity index is 1130. The second kappa shape index (κ2) is 7.09. The second-order valence-corrected chi connectivity index (χ2v) is 6.90. The fourth-order valence-electron chi connectivity index (χ4n) is 2.86. The van der Waals surface area contributed by atoms with E-state index in [9.17, 15) is 14.7 Å². The van der Waals surface area contributed by atoms with E-state index in [0.29, 0.717) is 15.8 Å². The van der Waals surface area contributed by atoms with Crippen LogP contribution < -0.4 is 5.32 Å². The SMILES string of the molecule is O=C1NC(=Nc2ccccc2C(=O)O)S/C1=C/c1cccc2ccccc12. The van der Waals surface area contributed by atoms with Crippen LogP contribution in [0.25, 0.3) is 16.8 Å². The third-order valence-corrected chi connectivity index (χ3v) is 5.03. The van der Waals surface area contributed by atoms with E-state index < -0.39 is 5.97 Å². The molecule has 1 amide bonds. The van der Waals surface area contributed by atoms with Crippen LogP contribution in [-0.4, -0.2) is 22.2 Å². The number of nitrogens with one attached hydrogen (secondary N) is 1. The highest BCUT2D eigenvalue weighted by Gasteiger charge is 2.24. The van der Waals surface area contributed by atoms with Crippen LogP contribution in [0, 0.1) is 0 Å². The molecule has 1 fully saturated rings. The topological polar surface area (TPSA) is 78.8 Å². The number of thioether (sulfide) groups is 1. The van der Waals surface area contributed by atoms with Gasteiger partial charge in [-0.3, -0.25) is 4.79 Å². The van der Waals surface area contributed by atoms with Gasteiger partial charge in [0.05, 0.1) is 16.2 Å². The van der Waals surface area contributed by atoms with Crippen LogP contribution in [0.4, 0.5) is 5.69 Å². The number of carboxylic acid groups (broad SMARTS) is 1. The first kappa shape index (κ1) is 17.1. The fraction of sp³-hybridized carbons (Fsp3) is 0. The van der Waals surface area contributed by atoms with Crippen molar-refractivity contribution in [1.29, 1.82) is 0 Å². The first-order valence-corrected chi connectivity index (χ1v) is 9.03. The van der Waals surface area contributed by atoms with Crippen LogP contribution in [0.15, 0.2) is 76.6 Å². The lowest BCUT2D eigenvalue weighted by molar-refractivity contribution is -0.115. The first-order valence-electron chi connectivity index (χ1n) is 8.21. The average molecular weight is 374 g/mol. The third kappa shape index (κ3) is 3.47. The number of hydrogen-bond donors (Lipinski definition) is 2. The maximum absolute atomic E-state index is 12.3. The summed E-state index contributed by atoms with van der Waals surface area (Å²) in [4.78, 5) is 28.5. The van der Waals surface area contributed by atoms with Crippen molar-refractivity contribution in [3.05, 3.63) is 82.8 Å². The van der Waals surface area contributed by atoms with Crippen LogP contribution in [0.2, 0.25) is 0 Å². The predicted octanol–water partition coefficient (Wildman–Crippen LogP) is 4.43. The van der Waals surface area contributed by atoms with E-state index in [4.69, 9.17) is 0 Å². The van der Waals surface area contributed by atoms with Crippen LogP contribution in [0.1, 0.15) is 15.9 Å². The van der Waals surface area contributed by atoms with Crippen LogP contribution in [0.5, 0.6) is 0 Å². The number of carbonyl (C=O) groups is 2. The lowest BCUT2D eigenvalue weighted by Gasteiger charge is -2.02. The zero-order valence-corrected chi connectivity index (χ0v) is 14.9. The van der Waals surface area contributed by atoms with Crippen LogP contribution in [-0.2, 0) is 4.79 Å². The highest BCUT2D eigenvalue weighted by Crippen LogP contribution is 2.30. The lowest BCUT2D eigenvalue weighted by atomic mass is 10.0. The van der Waals surface area contributed by atoms with E-state index in [0.717, 1.165) is 16.3 Å². The highest BCUT2D eigenvalue weighted by atomic mass is 32.2. The van der Waals surface area contributed by atoms with Gasteiger partial charge < -0.3 is 10.4 Å². The quantitative estimate of drug-likeness (QED) is 0.665. The summed E-state index contributed by atoms with van der Waals surface area (Å²) in [6.07, 6.45) is 1.83. The molecule has 1 aliphatic heterocycles. The molecule has 2 N–H and O–H groups in total. The molecule has 5 nitrogen and oxygen atoms in total. The summed E-state index contributed by atoms with van der Waals surface area (Å²) in [7, 11) is 0. The van der Waals surface area contributed by atoms with E-state index >= 15 is 0 Å². The average Bonchev–Trinajstić information content (AvgIpc) is 3.01. The summed E-state index contributed by atoms with van der Waals surface area (Å²) in [6.45, 7) is 0. The second-order valence-electron chi connectivity index (χ2n) is 5.87. The number of aliphatic imine (C=N–C) groups is 1. The van der Waals surface area contributed by atoms with Gasteiger partial charge in [-0.1, -0.05) is 54.6 Å². The van der Waals surface area contributed by atoms with Gasteiger partial charge in [0.2, 0.25) is 0 Å². The number of para-hydroxylation sites is 1. The highest BCUT2D eigenvalue weighted by molar-refractivity contribution is 8.18. The van der Waals surface area contributed by atoms with E-state index in [1.54, 1.807) is 18.2 Å². The molecule has 0 saturated carbocycles.